The van der Waals surface area contributed by atoms with E-state index in [2.05, 4.69) is 0 Å². The van der Waals surface area contributed by atoms with Gasteiger partial charge < -0.3 is 29.2 Å². The van der Waals surface area contributed by atoms with Gasteiger partial charge in [0.1, 0.15) is 13.2 Å². The van der Waals surface area contributed by atoms with Crippen LogP contribution in [0.4, 0.5) is 0 Å². The lowest BCUT2D eigenvalue weighted by Crippen LogP contribution is -2.08. The second-order valence-corrected chi connectivity index (χ2v) is 6.19. The molecule has 0 heterocycles. The van der Waals surface area contributed by atoms with Crippen molar-refractivity contribution < 1.29 is 38.7 Å². The molecule has 0 spiro atoms. The third kappa shape index (κ3) is 6.91. The van der Waals surface area contributed by atoms with Crippen LogP contribution >= 0.6 is 0 Å². The first-order valence-electron chi connectivity index (χ1n) is 8.96. The second-order valence-electron chi connectivity index (χ2n) is 6.19. The molecule has 156 valence electrons. The minimum atomic E-state index is -0.437. The van der Waals surface area contributed by atoms with Gasteiger partial charge in [-0.15, -0.1) is 0 Å². The van der Waals surface area contributed by atoms with E-state index in [1.165, 1.54) is 26.4 Å². The lowest BCUT2D eigenvalue weighted by atomic mass is 10.2. The molecular formula is C21H24O8. The Bertz CT molecular complexity index is 777. The fourth-order valence-electron chi connectivity index (χ4n) is 2.47. The molecule has 2 rings (SSSR count). The largest absolute Gasteiger partial charge is 0.504 e. The first-order valence-corrected chi connectivity index (χ1v) is 8.96. The number of aromatic hydroxyl groups is 2. The lowest BCUT2D eigenvalue weighted by molar-refractivity contribution is -0.146. The van der Waals surface area contributed by atoms with E-state index in [4.69, 9.17) is 18.9 Å². The van der Waals surface area contributed by atoms with E-state index in [1.807, 2.05) is 0 Å². The second kappa shape index (κ2) is 10.8. The Morgan fingerprint density at radius 1 is 0.759 bits per heavy atom. The lowest BCUT2D eigenvalue weighted by Gasteiger charge is -2.09. The van der Waals surface area contributed by atoms with Crippen LogP contribution in [0.2, 0.25) is 0 Å². The highest BCUT2D eigenvalue weighted by Gasteiger charge is 2.10. The van der Waals surface area contributed by atoms with E-state index in [1.54, 1.807) is 24.3 Å². The molecule has 0 amide bonds. The Morgan fingerprint density at radius 2 is 1.17 bits per heavy atom. The Hall–Kier alpha value is -3.42. The summed E-state index contributed by atoms with van der Waals surface area (Å²) in [5.41, 5.74) is 1.36. The van der Waals surface area contributed by atoms with Gasteiger partial charge in [-0.25, -0.2) is 0 Å². The molecule has 8 nitrogen and oxygen atoms in total. The molecule has 0 aliphatic heterocycles. The summed E-state index contributed by atoms with van der Waals surface area (Å²) in [4.78, 5) is 23.6. The van der Waals surface area contributed by atoms with E-state index >= 15 is 0 Å². The minimum absolute atomic E-state index is 0.00633. The van der Waals surface area contributed by atoms with Crippen LogP contribution in [-0.4, -0.2) is 36.4 Å². The molecule has 0 aliphatic rings. The van der Waals surface area contributed by atoms with E-state index in [0.717, 1.165) is 0 Å². The van der Waals surface area contributed by atoms with E-state index < -0.39 is 11.9 Å². The number of rotatable bonds is 10. The molecule has 0 atom stereocenters. The summed E-state index contributed by atoms with van der Waals surface area (Å²) in [5.74, 6) is -0.264. The quantitative estimate of drug-likeness (QED) is 0.581. The van der Waals surface area contributed by atoms with Crippen LogP contribution in [0.1, 0.15) is 30.4 Å². The van der Waals surface area contributed by atoms with Crippen molar-refractivity contribution in [2.45, 2.75) is 32.5 Å². The van der Waals surface area contributed by atoms with Gasteiger partial charge in [0.15, 0.2) is 23.0 Å². The molecule has 0 saturated carbocycles. The molecular weight excluding hydrogens is 380 g/mol. The summed E-state index contributed by atoms with van der Waals surface area (Å²) in [6, 6.07) is 9.33. The van der Waals surface area contributed by atoms with Gasteiger partial charge in [-0.3, -0.25) is 9.59 Å². The maximum absolute atomic E-state index is 11.8. The molecule has 0 fully saturated rings. The van der Waals surface area contributed by atoms with Crippen molar-refractivity contribution in [3.05, 3.63) is 47.5 Å². The predicted molar refractivity (Wildman–Crippen MR) is 103 cm³/mol. The highest BCUT2D eigenvalue weighted by molar-refractivity contribution is 5.72. The number of benzene rings is 2. The number of esters is 2. The van der Waals surface area contributed by atoms with Gasteiger partial charge in [-0.05, 0) is 41.8 Å². The first kappa shape index (κ1) is 21.9. The third-order valence-electron chi connectivity index (χ3n) is 4.05. The summed E-state index contributed by atoms with van der Waals surface area (Å²) in [6.45, 7) is 0.0885. The van der Waals surface area contributed by atoms with Gasteiger partial charge in [-0.1, -0.05) is 12.1 Å². The van der Waals surface area contributed by atoms with Gasteiger partial charge in [0.05, 0.1) is 14.2 Å². The number of hydrogen-bond donors (Lipinski definition) is 2. The van der Waals surface area contributed by atoms with Crippen molar-refractivity contribution in [3.63, 3.8) is 0 Å². The SMILES string of the molecule is COc1cc(COC(=O)CCCC(=O)OCc2ccc(O)c(OC)c2)ccc1O. The van der Waals surface area contributed by atoms with Crippen LogP contribution in [0, 0.1) is 0 Å². The Labute approximate surface area is 168 Å². The number of phenolic OH excluding ortho intramolecular Hbond substituents is 2. The molecule has 2 N–H and O–H groups in total. The average Bonchev–Trinajstić information content (AvgIpc) is 2.72. The van der Waals surface area contributed by atoms with E-state index in [-0.39, 0.29) is 37.6 Å². The van der Waals surface area contributed by atoms with Crippen LogP contribution in [0.5, 0.6) is 23.0 Å². The highest BCUT2D eigenvalue weighted by Crippen LogP contribution is 2.27. The third-order valence-corrected chi connectivity index (χ3v) is 4.05. The zero-order valence-electron chi connectivity index (χ0n) is 16.3. The Morgan fingerprint density at radius 3 is 1.55 bits per heavy atom. The Balaban J connectivity index is 1.67. The maximum atomic E-state index is 11.8. The van der Waals surface area contributed by atoms with E-state index in [0.29, 0.717) is 29.0 Å². The smallest absolute Gasteiger partial charge is 0.306 e. The topological polar surface area (TPSA) is 112 Å². The molecule has 2 aromatic rings. The standard InChI is InChI=1S/C21H24O8/c1-26-18-10-14(6-8-16(18)22)12-28-20(24)4-3-5-21(25)29-13-15-7-9-17(23)19(11-15)27-2/h6-11,22-23H,3-5,12-13H2,1-2H3. The first-order chi connectivity index (χ1) is 13.9. The molecule has 0 aromatic heterocycles. The van der Waals surface area contributed by atoms with Crippen molar-refractivity contribution in [2.24, 2.45) is 0 Å². The predicted octanol–water partition coefficient (Wildman–Crippen LogP) is 3.07. The molecule has 0 saturated heterocycles. The van der Waals surface area contributed by atoms with Crippen molar-refractivity contribution in [1.82, 2.24) is 0 Å². The summed E-state index contributed by atoms with van der Waals surface area (Å²) in [6.07, 6.45) is 0.462. The molecule has 2 aromatic carbocycles. The van der Waals surface area contributed by atoms with Gasteiger partial charge >= 0.3 is 11.9 Å². The molecule has 0 aliphatic carbocycles. The van der Waals surface area contributed by atoms with Gasteiger partial charge in [-0.2, -0.15) is 0 Å². The molecule has 29 heavy (non-hydrogen) atoms. The van der Waals surface area contributed by atoms with Crippen molar-refractivity contribution in [1.29, 1.82) is 0 Å². The molecule has 0 unspecified atom stereocenters. The number of carbonyl (C=O) groups excluding carboxylic acids is 2. The normalized spacial score (nSPS) is 10.3. The number of ether oxygens (including phenoxy) is 4. The summed E-state index contributed by atoms with van der Waals surface area (Å²) in [7, 11) is 2.87. The summed E-state index contributed by atoms with van der Waals surface area (Å²) < 4.78 is 20.3. The van der Waals surface area contributed by atoms with Crippen molar-refractivity contribution >= 4 is 11.9 Å². The minimum Gasteiger partial charge on any atom is -0.504 e. The van der Waals surface area contributed by atoms with Gasteiger partial charge in [0.2, 0.25) is 0 Å². The summed E-state index contributed by atoms with van der Waals surface area (Å²) >= 11 is 0. The van der Waals surface area contributed by atoms with E-state index in [9.17, 15) is 19.8 Å². The monoisotopic (exact) mass is 404 g/mol. The molecule has 0 radical (unpaired) electrons. The van der Waals surface area contributed by atoms with Crippen LogP contribution in [0.25, 0.3) is 0 Å². The van der Waals surface area contributed by atoms with Crippen LogP contribution in [-0.2, 0) is 32.3 Å². The van der Waals surface area contributed by atoms with Crippen molar-refractivity contribution in [3.8, 4) is 23.0 Å². The summed E-state index contributed by atoms with van der Waals surface area (Å²) in [5, 5.41) is 19.1. The van der Waals surface area contributed by atoms with Crippen molar-refractivity contribution in [2.75, 3.05) is 14.2 Å². The van der Waals surface area contributed by atoms with Gasteiger partial charge in [0.25, 0.3) is 0 Å². The van der Waals surface area contributed by atoms with Crippen LogP contribution in [0.3, 0.4) is 0 Å². The fraction of sp³-hybridized carbons (Fsp3) is 0.333. The highest BCUT2D eigenvalue weighted by atomic mass is 16.5. The van der Waals surface area contributed by atoms with Crippen LogP contribution < -0.4 is 9.47 Å². The molecule has 0 bridgehead atoms. The number of phenols is 2. The zero-order chi connectivity index (χ0) is 21.2. The number of methoxy groups -OCH3 is 2. The van der Waals surface area contributed by atoms with Crippen LogP contribution in [0.15, 0.2) is 36.4 Å². The molecule has 8 heteroatoms. The fourth-order valence-corrected chi connectivity index (χ4v) is 2.47. The maximum Gasteiger partial charge on any atom is 0.306 e. The number of hydrogen-bond acceptors (Lipinski definition) is 8. The number of carbonyl (C=O) groups is 2. The Kier molecular flexibility index (Phi) is 8.14. The van der Waals surface area contributed by atoms with Gasteiger partial charge in [0, 0.05) is 12.8 Å². The average molecular weight is 404 g/mol. The zero-order valence-corrected chi connectivity index (χ0v) is 16.3.